The summed E-state index contributed by atoms with van der Waals surface area (Å²) < 4.78 is 1.24. The predicted molar refractivity (Wildman–Crippen MR) is 82.0 cm³/mol. The van der Waals surface area contributed by atoms with Crippen molar-refractivity contribution in [3.05, 3.63) is 44.9 Å². The summed E-state index contributed by atoms with van der Waals surface area (Å²) in [6.07, 6.45) is 1.75. The van der Waals surface area contributed by atoms with Crippen LogP contribution in [0, 0.1) is 6.92 Å². The van der Waals surface area contributed by atoms with E-state index in [4.69, 9.17) is 5.73 Å². The third kappa shape index (κ3) is 2.68. The minimum atomic E-state index is 0.684. The summed E-state index contributed by atoms with van der Waals surface area (Å²) in [6.45, 7) is 2.74. The summed E-state index contributed by atoms with van der Waals surface area (Å²) in [6, 6.07) is 8.25. The van der Waals surface area contributed by atoms with Gasteiger partial charge in [-0.2, -0.15) is 0 Å². The van der Waals surface area contributed by atoms with Gasteiger partial charge in [0.25, 0.3) is 0 Å². The van der Waals surface area contributed by atoms with Crippen LogP contribution in [0.15, 0.2) is 24.3 Å². The molecule has 2 aromatic heterocycles. The number of thiazole rings is 2. The van der Waals surface area contributed by atoms with Gasteiger partial charge >= 0.3 is 0 Å². The lowest BCUT2D eigenvalue weighted by molar-refractivity contribution is 0.966. The normalized spacial score (nSPS) is 11.3. The van der Waals surface area contributed by atoms with Crippen LogP contribution in [-0.4, -0.2) is 16.5 Å². The zero-order valence-electron chi connectivity index (χ0n) is 10.7. The summed E-state index contributed by atoms with van der Waals surface area (Å²) in [4.78, 5) is 10.6. The number of aryl methyl sites for hydroxylation is 1. The molecule has 98 valence electrons. The molecule has 0 unspecified atom stereocenters. The van der Waals surface area contributed by atoms with Crippen LogP contribution >= 0.6 is 22.7 Å². The summed E-state index contributed by atoms with van der Waals surface area (Å²) in [5, 5.41) is 2.27. The van der Waals surface area contributed by atoms with Crippen molar-refractivity contribution in [2.24, 2.45) is 5.73 Å². The highest BCUT2D eigenvalue weighted by atomic mass is 32.1. The first kappa shape index (κ1) is 12.7. The Morgan fingerprint density at radius 1 is 1.11 bits per heavy atom. The van der Waals surface area contributed by atoms with E-state index < -0.39 is 0 Å². The monoisotopic (exact) mass is 289 g/mol. The maximum atomic E-state index is 5.61. The molecule has 0 radical (unpaired) electrons. The maximum absolute atomic E-state index is 5.61. The van der Waals surface area contributed by atoms with E-state index in [-0.39, 0.29) is 0 Å². The fourth-order valence-corrected chi connectivity index (χ4v) is 4.20. The molecule has 0 bridgehead atoms. The SMILES string of the molecule is Cc1nc(Cc2nc3ccccc3s2)sc1CCN. The Morgan fingerprint density at radius 2 is 1.89 bits per heavy atom. The summed E-state index contributed by atoms with van der Waals surface area (Å²) >= 11 is 3.52. The van der Waals surface area contributed by atoms with E-state index >= 15 is 0 Å². The molecule has 3 rings (SSSR count). The molecular formula is C14H15N3S2. The second-order valence-corrected chi connectivity index (χ2v) is 6.69. The molecule has 3 nitrogen and oxygen atoms in total. The van der Waals surface area contributed by atoms with Crippen LogP contribution in [0.4, 0.5) is 0 Å². The molecule has 2 heterocycles. The highest BCUT2D eigenvalue weighted by Crippen LogP contribution is 2.26. The van der Waals surface area contributed by atoms with Crippen molar-refractivity contribution in [2.75, 3.05) is 6.54 Å². The molecule has 0 amide bonds. The molecule has 19 heavy (non-hydrogen) atoms. The lowest BCUT2D eigenvalue weighted by Gasteiger charge is -1.91. The van der Waals surface area contributed by atoms with E-state index in [0.29, 0.717) is 6.54 Å². The number of nitrogens with two attached hydrogens (primary N) is 1. The van der Waals surface area contributed by atoms with Gasteiger partial charge in [0.2, 0.25) is 0 Å². The summed E-state index contributed by atoms with van der Waals surface area (Å²) in [7, 11) is 0. The molecule has 0 saturated heterocycles. The van der Waals surface area contributed by atoms with Crippen LogP contribution in [0.2, 0.25) is 0 Å². The molecule has 3 aromatic rings. The molecule has 0 spiro atoms. The van der Waals surface area contributed by atoms with Gasteiger partial charge < -0.3 is 5.73 Å². The molecule has 0 fully saturated rings. The van der Waals surface area contributed by atoms with E-state index in [1.807, 2.05) is 6.07 Å². The lowest BCUT2D eigenvalue weighted by Crippen LogP contribution is -2.01. The summed E-state index contributed by atoms with van der Waals surface area (Å²) in [5.41, 5.74) is 7.81. The van der Waals surface area contributed by atoms with Crippen LogP contribution in [-0.2, 0) is 12.8 Å². The smallest absolute Gasteiger partial charge is 0.101 e. The van der Waals surface area contributed by atoms with Gasteiger partial charge in [-0.15, -0.1) is 22.7 Å². The molecule has 0 atom stereocenters. The zero-order chi connectivity index (χ0) is 13.2. The number of aromatic nitrogens is 2. The van der Waals surface area contributed by atoms with E-state index in [9.17, 15) is 0 Å². The van der Waals surface area contributed by atoms with Crippen molar-refractivity contribution >= 4 is 32.9 Å². The molecule has 0 aliphatic rings. The lowest BCUT2D eigenvalue weighted by atomic mass is 10.3. The molecule has 0 saturated carbocycles. The van der Waals surface area contributed by atoms with Crippen molar-refractivity contribution in [1.29, 1.82) is 0 Å². The molecule has 5 heteroatoms. The van der Waals surface area contributed by atoms with Crippen LogP contribution in [0.5, 0.6) is 0 Å². The van der Waals surface area contributed by atoms with Crippen molar-refractivity contribution < 1.29 is 0 Å². The predicted octanol–water partition coefficient (Wildman–Crippen LogP) is 3.15. The van der Waals surface area contributed by atoms with E-state index in [0.717, 1.165) is 34.1 Å². The van der Waals surface area contributed by atoms with E-state index in [1.54, 1.807) is 22.7 Å². The van der Waals surface area contributed by atoms with Gasteiger partial charge in [-0.1, -0.05) is 12.1 Å². The fraction of sp³-hybridized carbons (Fsp3) is 0.286. The molecule has 2 N–H and O–H groups in total. The fourth-order valence-electron chi connectivity index (χ4n) is 2.05. The Morgan fingerprint density at radius 3 is 2.68 bits per heavy atom. The van der Waals surface area contributed by atoms with Gasteiger partial charge in [-0.25, -0.2) is 9.97 Å². The Kier molecular flexibility index (Phi) is 3.59. The van der Waals surface area contributed by atoms with Crippen LogP contribution in [0.1, 0.15) is 20.6 Å². The molecule has 1 aromatic carbocycles. The largest absolute Gasteiger partial charge is 0.330 e. The van der Waals surface area contributed by atoms with Crippen molar-refractivity contribution in [2.45, 2.75) is 19.8 Å². The second kappa shape index (κ2) is 5.36. The number of rotatable bonds is 4. The van der Waals surface area contributed by atoms with Crippen molar-refractivity contribution in [3.63, 3.8) is 0 Å². The first-order valence-electron chi connectivity index (χ1n) is 6.26. The first-order chi connectivity index (χ1) is 9.26. The van der Waals surface area contributed by atoms with Crippen LogP contribution in [0.3, 0.4) is 0 Å². The van der Waals surface area contributed by atoms with Crippen LogP contribution in [0.25, 0.3) is 10.2 Å². The Balaban J connectivity index is 1.86. The quantitative estimate of drug-likeness (QED) is 0.802. The van der Waals surface area contributed by atoms with Gasteiger partial charge in [-0.3, -0.25) is 0 Å². The van der Waals surface area contributed by atoms with Crippen LogP contribution < -0.4 is 5.73 Å². The maximum Gasteiger partial charge on any atom is 0.101 e. The number of fused-ring (bicyclic) bond motifs is 1. The average molecular weight is 289 g/mol. The number of hydrogen-bond acceptors (Lipinski definition) is 5. The number of hydrogen-bond donors (Lipinski definition) is 1. The second-order valence-electron chi connectivity index (χ2n) is 4.41. The van der Waals surface area contributed by atoms with Crippen molar-refractivity contribution in [3.8, 4) is 0 Å². The highest BCUT2D eigenvalue weighted by Gasteiger charge is 2.10. The van der Waals surface area contributed by atoms with Gasteiger partial charge in [0, 0.05) is 4.88 Å². The highest BCUT2D eigenvalue weighted by molar-refractivity contribution is 7.18. The molecule has 0 aliphatic heterocycles. The van der Waals surface area contributed by atoms with Crippen molar-refractivity contribution in [1.82, 2.24) is 9.97 Å². The van der Waals surface area contributed by atoms with Gasteiger partial charge in [-0.05, 0) is 32.0 Å². The number of nitrogens with zero attached hydrogens (tertiary/aromatic N) is 2. The Hall–Kier alpha value is -1.30. The number of benzene rings is 1. The minimum absolute atomic E-state index is 0.684. The third-order valence-corrected chi connectivity index (χ3v) is 5.20. The number of para-hydroxylation sites is 1. The Bertz CT molecular complexity index is 667. The standard InChI is InChI=1S/C14H15N3S2/c1-9-11(6-7-15)18-13(16-9)8-14-17-10-4-2-3-5-12(10)19-14/h2-5H,6-8,15H2,1H3. The third-order valence-electron chi connectivity index (χ3n) is 2.95. The topological polar surface area (TPSA) is 51.8 Å². The van der Waals surface area contributed by atoms with E-state index in [2.05, 4.69) is 35.1 Å². The average Bonchev–Trinajstić information content (AvgIpc) is 2.94. The molecular weight excluding hydrogens is 274 g/mol. The van der Waals surface area contributed by atoms with Gasteiger partial charge in [0.15, 0.2) is 0 Å². The van der Waals surface area contributed by atoms with Gasteiger partial charge in [0.05, 0.1) is 27.3 Å². The van der Waals surface area contributed by atoms with E-state index in [1.165, 1.54) is 9.58 Å². The zero-order valence-corrected chi connectivity index (χ0v) is 12.4. The Labute approximate surface area is 120 Å². The minimum Gasteiger partial charge on any atom is -0.330 e. The molecule has 0 aliphatic carbocycles. The van der Waals surface area contributed by atoms with Gasteiger partial charge in [0.1, 0.15) is 5.01 Å². The summed E-state index contributed by atoms with van der Waals surface area (Å²) in [5.74, 6) is 0. The first-order valence-corrected chi connectivity index (χ1v) is 7.89.